The van der Waals surface area contributed by atoms with Gasteiger partial charge in [-0.25, -0.2) is 4.98 Å². The molecular formula is C8H14N2S. The minimum Gasteiger partial charge on any atom is -0.225 e. The second-order valence-electron chi connectivity index (χ2n) is 2.60. The standard InChI is InChI=1S/C8H14N2S/c1-3-5-7-9-8(6-4-2)11-10-7/h3-6H2,1-2H3. The maximum absolute atomic E-state index is 4.40. The molecule has 1 heterocycles. The SMILES string of the molecule is CCCc1nsc(CCC)n1. The molecule has 1 aromatic heterocycles. The van der Waals surface area contributed by atoms with Gasteiger partial charge in [0.15, 0.2) is 0 Å². The van der Waals surface area contributed by atoms with E-state index < -0.39 is 0 Å². The molecule has 0 aliphatic heterocycles. The van der Waals surface area contributed by atoms with Crippen LogP contribution in [0, 0.1) is 0 Å². The fourth-order valence-electron chi connectivity index (χ4n) is 0.931. The van der Waals surface area contributed by atoms with Crippen molar-refractivity contribution in [2.45, 2.75) is 39.5 Å². The van der Waals surface area contributed by atoms with Crippen LogP contribution in [0.15, 0.2) is 0 Å². The summed E-state index contributed by atoms with van der Waals surface area (Å²) in [6.07, 6.45) is 4.42. The summed E-state index contributed by atoms with van der Waals surface area (Å²) in [6.45, 7) is 4.32. The average molecular weight is 170 g/mol. The average Bonchev–Trinajstić information content (AvgIpc) is 2.38. The topological polar surface area (TPSA) is 25.8 Å². The van der Waals surface area contributed by atoms with Crippen molar-refractivity contribution in [2.75, 3.05) is 0 Å². The Balaban J connectivity index is 2.51. The quantitative estimate of drug-likeness (QED) is 0.693. The zero-order valence-electron chi connectivity index (χ0n) is 7.13. The molecule has 0 bridgehead atoms. The Morgan fingerprint density at radius 2 is 1.91 bits per heavy atom. The molecule has 0 spiro atoms. The molecule has 2 nitrogen and oxygen atoms in total. The molecule has 1 rings (SSSR count). The maximum atomic E-state index is 4.40. The highest BCUT2D eigenvalue weighted by Crippen LogP contribution is 2.08. The first-order valence-electron chi connectivity index (χ1n) is 4.18. The largest absolute Gasteiger partial charge is 0.225 e. The van der Waals surface area contributed by atoms with E-state index in [1.54, 1.807) is 11.5 Å². The van der Waals surface area contributed by atoms with E-state index in [-0.39, 0.29) is 0 Å². The first-order chi connectivity index (χ1) is 5.36. The number of aromatic nitrogens is 2. The van der Waals surface area contributed by atoms with Crippen LogP contribution in [0.3, 0.4) is 0 Å². The van der Waals surface area contributed by atoms with Crippen LogP contribution in [0.25, 0.3) is 0 Å². The molecular weight excluding hydrogens is 156 g/mol. The predicted molar refractivity (Wildman–Crippen MR) is 47.9 cm³/mol. The van der Waals surface area contributed by atoms with E-state index in [1.165, 1.54) is 11.4 Å². The smallest absolute Gasteiger partial charge is 0.142 e. The van der Waals surface area contributed by atoms with Crippen LogP contribution in [0.5, 0.6) is 0 Å². The van der Waals surface area contributed by atoms with E-state index in [1.807, 2.05) is 0 Å². The van der Waals surface area contributed by atoms with E-state index >= 15 is 0 Å². The van der Waals surface area contributed by atoms with Gasteiger partial charge in [0.2, 0.25) is 0 Å². The lowest BCUT2D eigenvalue weighted by Crippen LogP contribution is -1.86. The minimum atomic E-state index is 1.03. The molecule has 62 valence electrons. The lowest BCUT2D eigenvalue weighted by atomic mass is 10.3. The van der Waals surface area contributed by atoms with Gasteiger partial charge in [0.1, 0.15) is 10.8 Å². The van der Waals surface area contributed by atoms with Crippen molar-refractivity contribution in [1.82, 2.24) is 9.36 Å². The normalized spacial score (nSPS) is 10.4. The third-order valence-electron chi connectivity index (χ3n) is 1.45. The highest BCUT2D eigenvalue weighted by Gasteiger charge is 2.00. The molecule has 1 aromatic rings. The highest BCUT2D eigenvalue weighted by atomic mass is 32.1. The summed E-state index contributed by atoms with van der Waals surface area (Å²) in [5.41, 5.74) is 0. The monoisotopic (exact) mass is 170 g/mol. The zero-order valence-corrected chi connectivity index (χ0v) is 7.95. The Morgan fingerprint density at radius 1 is 1.18 bits per heavy atom. The molecule has 0 unspecified atom stereocenters. The van der Waals surface area contributed by atoms with E-state index in [0.717, 1.165) is 25.1 Å². The van der Waals surface area contributed by atoms with Gasteiger partial charge in [-0.1, -0.05) is 13.8 Å². The van der Waals surface area contributed by atoms with Crippen LogP contribution in [0.2, 0.25) is 0 Å². The lowest BCUT2D eigenvalue weighted by Gasteiger charge is -1.87. The summed E-state index contributed by atoms with van der Waals surface area (Å²) in [5, 5.41) is 1.19. The second-order valence-corrected chi connectivity index (χ2v) is 3.44. The van der Waals surface area contributed by atoms with Crippen molar-refractivity contribution in [3.8, 4) is 0 Å². The third kappa shape index (κ3) is 2.58. The lowest BCUT2D eigenvalue weighted by molar-refractivity contribution is 0.837. The van der Waals surface area contributed by atoms with Gasteiger partial charge >= 0.3 is 0 Å². The summed E-state index contributed by atoms with van der Waals surface area (Å²) >= 11 is 1.55. The van der Waals surface area contributed by atoms with Gasteiger partial charge < -0.3 is 0 Å². The van der Waals surface area contributed by atoms with Crippen molar-refractivity contribution >= 4 is 11.5 Å². The summed E-state index contributed by atoms with van der Waals surface area (Å²) in [7, 11) is 0. The Labute approximate surface area is 71.8 Å². The molecule has 3 heteroatoms. The van der Waals surface area contributed by atoms with E-state index in [0.29, 0.717) is 0 Å². The van der Waals surface area contributed by atoms with Crippen LogP contribution in [-0.4, -0.2) is 9.36 Å². The summed E-state index contributed by atoms with van der Waals surface area (Å²) < 4.78 is 4.26. The minimum absolute atomic E-state index is 1.03. The van der Waals surface area contributed by atoms with Gasteiger partial charge in [-0.3, -0.25) is 0 Å². The first kappa shape index (κ1) is 8.65. The fourth-order valence-corrected chi connectivity index (χ4v) is 1.72. The molecule has 0 amide bonds. The maximum Gasteiger partial charge on any atom is 0.142 e. The molecule has 0 aromatic carbocycles. The predicted octanol–water partition coefficient (Wildman–Crippen LogP) is 2.44. The Bertz CT molecular complexity index is 187. The second kappa shape index (κ2) is 4.44. The van der Waals surface area contributed by atoms with Gasteiger partial charge in [0.05, 0.1) is 0 Å². The Hall–Kier alpha value is -0.440. The molecule has 0 N–H and O–H groups in total. The zero-order chi connectivity index (χ0) is 8.10. The molecule has 0 fully saturated rings. The van der Waals surface area contributed by atoms with Crippen LogP contribution >= 0.6 is 11.5 Å². The number of aryl methyl sites for hydroxylation is 2. The molecule has 0 radical (unpaired) electrons. The summed E-state index contributed by atoms with van der Waals surface area (Å²) in [4.78, 5) is 4.40. The van der Waals surface area contributed by atoms with Gasteiger partial charge in [0, 0.05) is 12.8 Å². The van der Waals surface area contributed by atoms with Crippen LogP contribution in [0.4, 0.5) is 0 Å². The van der Waals surface area contributed by atoms with Crippen molar-refractivity contribution in [3.63, 3.8) is 0 Å². The van der Waals surface area contributed by atoms with E-state index in [9.17, 15) is 0 Å². The van der Waals surface area contributed by atoms with Gasteiger partial charge in [-0.15, -0.1) is 0 Å². The molecule has 0 atom stereocenters. The Kier molecular flexibility index (Phi) is 3.49. The van der Waals surface area contributed by atoms with Crippen molar-refractivity contribution < 1.29 is 0 Å². The van der Waals surface area contributed by atoms with E-state index in [2.05, 4.69) is 23.2 Å². The van der Waals surface area contributed by atoms with Crippen LogP contribution in [0.1, 0.15) is 37.5 Å². The van der Waals surface area contributed by atoms with Gasteiger partial charge in [0.25, 0.3) is 0 Å². The number of nitrogens with zero attached hydrogens (tertiary/aromatic N) is 2. The van der Waals surface area contributed by atoms with Crippen LogP contribution < -0.4 is 0 Å². The molecule has 0 aliphatic rings. The van der Waals surface area contributed by atoms with Gasteiger partial charge in [-0.2, -0.15) is 4.37 Å². The van der Waals surface area contributed by atoms with Crippen LogP contribution in [-0.2, 0) is 12.8 Å². The fraction of sp³-hybridized carbons (Fsp3) is 0.750. The van der Waals surface area contributed by atoms with Gasteiger partial charge in [-0.05, 0) is 24.4 Å². The first-order valence-corrected chi connectivity index (χ1v) is 4.95. The number of hydrogen-bond acceptors (Lipinski definition) is 3. The van der Waals surface area contributed by atoms with E-state index in [4.69, 9.17) is 0 Å². The molecule has 0 saturated heterocycles. The van der Waals surface area contributed by atoms with Crippen molar-refractivity contribution in [3.05, 3.63) is 10.8 Å². The molecule has 0 saturated carbocycles. The van der Waals surface area contributed by atoms with Crippen molar-refractivity contribution in [2.24, 2.45) is 0 Å². The molecule has 11 heavy (non-hydrogen) atoms. The summed E-state index contributed by atoms with van der Waals surface area (Å²) in [5.74, 6) is 1.03. The third-order valence-corrected chi connectivity index (χ3v) is 2.26. The molecule has 0 aliphatic carbocycles. The van der Waals surface area contributed by atoms with Crippen molar-refractivity contribution in [1.29, 1.82) is 0 Å². The summed E-state index contributed by atoms with van der Waals surface area (Å²) in [6, 6.07) is 0. The highest BCUT2D eigenvalue weighted by molar-refractivity contribution is 7.05. The number of rotatable bonds is 4. The number of hydrogen-bond donors (Lipinski definition) is 0. The Morgan fingerprint density at radius 3 is 2.55 bits per heavy atom.